The number of fused-ring (bicyclic) bond motifs is 5. The Morgan fingerprint density at radius 2 is 1.39 bits per heavy atom. The van der Waals surface area contributed by atoms with Crippen LogP contribution in [0.25, 0.3) is 27.2 Å². The van der Waals surface area contributed by atoms with Crippen LogP contribution in [0.15, 0.2) is 48.5 Å². The predicted octanol–water partition coefficient (Wildman–Crippen LogP) is 4.56. The number of methoxy groups -OCH3 is 2. The molecule has 2 aromatic heterocycles. The molecule has 158 valence electrons. The molecule has 0 saturated carbocycles. The first-order valence-electron chi connectivity index (χ1n) is 8.97. The highest BCUT2D eigenvalue weighted by molar-refractivity contribution is 6.19. The van der Waals surface area contributed by atoms with Crippen LogP contribution in [-0.2, 0) is 9.47 Å². The third kappa shape index (κ3) is 3.00. The molecule has 0 saturated heterocycles. The number of esters is 2. The number of Topliss-reactive ketones (excluding diaryl/α,β-unsaturated/α-hetero) is 1. The zero-order valence-corrected chi connectivity index (χ0v) is 16.2. The van der Waals surface area contributed by atoms with Crippen LogP contribution in [0, 0.1) is 0 Å². The van der Waals surface area contributed by atoms with Crippen molar-refractivity contribution in [3.8, 4) is 0 Å². The molecule has 0 radical (unpaired) electrons. The van der Waals surface area contributed by atoms with E-state index in [9.17, 15) is 27.6 Å². The van der Waals surface area contributed by atoms with Gasteiger partial charge in [-0.15, -0.1) is 0 Å². The van der Waals surface area contributed by atoms with Gasteiger partial charge in [0.15, 0.2) is 0 Å². The van der Waals surface area contributed by atoms with Crippen molar-refractivity contribution in [2.24, 2.45) is 0 Å². The van der Waals surface area contributed by atoms with Gasteiger partial charge in [-0.05, 0) is 22.9 Å². The van der Waals surface area contributed by atoms with E-state index in [4.69, 9.17) is 0 Å². The first-order valence-corrected chi connectivity index (χ1v) is 8.97. The molecule has 0 unspecified atom stereocenters. The molecule has 6 nitrogen and oxygen atoms in total. The zero-order chi connectivity index (χ0) is 22.5. The SMILES string of the molecule is COC(=O)c1c(C(=O)OC)c2ccc3c4ccccc4ccc3n2c1C(=O)C(F)(F)F. The smallest absolute Gasteiger partial charge is 0.456 e. The maximum atomic E-state index is 13.5. The second-order valence-corrected chi connectivity index (χ2v) is 6.68. The predicted molar refractivity (Wildman–Crippen MR) is 105 cm³/mol. The molecule has 0 amide bonds. The Labute approximate surface area is 172 Å². The molecular formula is C22H14F3NO5. The number of nitrogens with zero attached hydrogens (tertiary/aromatic N) is 1. The molecule has 2 heterocycles. The van der Waals surface area contributed by atoms with E-state index in [1.807, 2.05) is 12.1 Å². The summed E-state index contributed by atoms with van der Waals surface area (Å²) in [5.74, 6) is -4.61. The third-order valence-corrected chi connectivity index (χ3v) is 5.06. The fourth-order valence-corrected chi connectivity index (χ4v) is 3.77. The van der Waals surface area contributed by atoms with Crippen molar-refractivity contribution >= 4 is 44.9 Å². The lowest BCUT2D eigenvalue weighted by Gasteiger charge is -2.11. The van der Waals surface area contributed by atoms with Crippen molar-refractivity contribution in [2.75, 3.05) is 14.2 Å². The molecule has 2 aromatic carbocycles. The van der Waals surface area contributed by atoms with E-state index in [0.29, 0.717) is 5.39 Å². The number of carbonyl (C=O) groups is 3. The Morgan fingerprint density at radius 3 is 2.03 bits per heavy atom. The molecule has 0 aliphatic rings. The first kappa shape index (κ1) is 20.4. The number of hydrogen-bond acceptors (Lipinski definition) is 5. The van der Waals surface area contributed by atoms with Crippen LogP contribution in [0.2, 0.25) is 0 Å². The second kappa shape index (κ2) is 7.12. The van der Waals surface area contributed by atoms with Gasteiger partial charge in [0.05, 0.1) is 25.3 Å². The van der Waals surface area contributed by atoms with Crippen LogP contribution >= 0.6 is 0 Å². The minimum absolute atomic E-state index is 0.0809. The Balaban J connectivity index is 2.29. The van der Waals surface area contributed by atoms with Gasteiger partial charge in [0.2, 0.25) is 0 Å². The van der Waals surface area contributed by atoms with Crippen molar-refractivity contribution in [3.05, 3.63) is 65.4 Å². The van der Waals surface area contributed by atoms with E-state index in [1.165, 1.54) is 12.1 Å². The highest BCUT2D eigenvalue weighted by atomic mass is 19.4. The van der Waals surface area contributed by atoms with E-state index in [1.54, 1.807) is 24.3 Å². The van der Waals surface area contributed by atoms with Crippen LogP contribution in [0.3, 0.4) is 0 Å². The summed E-state index contributed by atoms with van der Waals surface area (Å²) in [6, 6.07) is 13.4. The lowest BCUT2D eigenvalue weighted by Crippen LogP contribution is -2.27. The van der Waals surface area contributed by atoms with E-state index < -0.39 is 40.7 Å². The van der Waals surface area contributed by atoms with Gasteiger partial charge < -0.3 is 13.9 Å². The monoisotopic (exact) mass is 429 g/mol. The van der Waals surface area contributed by atoms with Gasteiger partial charge in [-0.3, -0.25) is 4.79 Å². The highest BCUT2D eigenvalue weighted by Crippen LogP contribution is 2.35. The van der Waals surface area contributed by atoms with Crippen molar-refractivity contribution in [3.63, 3.8) is 0 Å². The quantitative estimate of drug-likeness (QED) is 0.271. The standard InChI is InChI=1S/C22H14F3NO5/c1-30-20(28)16-15-10-8-13-12-6-4-3-5-11(12)7-9-14(13)26(15)18(17(16)21(29)31-2)19(27)22(23,24)25/h3-10H,1-2H3. The average Bonchev–Trinajstić information content (AvgIpc) is 3.11. The van der Waals surface area contributed by atoms with Crippen molar-refractivity contribution in [1.29, 1.82) is 0 Å². The van der Waals surface area contributed by atoms with E-state index >= 15 is 0 Å². The molecule has 0 aliphatic carbocycles. The van der Waals surface area contributed by atoms with E-state index in [2.05, 4.69) is 9.47 Å². The number of ether oxygens (including phenoxy) is 2. The number of alkyl halides is 3. The number of carbonyl (C=O) groups excluding carboxylic acids is 3. The van der Waals surface area contributed by atoms with E-state index in [0.717, 1.165) is 29.4 Å². The Morgan fingerprint density at radius 1 is 0.774 bits per heavy atom. The van der Waals surface area contributed by atoms with Crippen molar-refractivity contribution in [1.82, 2.24) is 4.40 Å². The number of hydrogen-bond donors (Lipinski definition) is 0. The molecule has 0 spiro atoms. The summed E-state index contributed by atoms with van der Waals surface area (Å²) >= 11 is 0. The molecule has 0 atom stereocenters. The summed E-state index contributed by atoms with van der Waals surface area (Å²) in [6.45, 7) is 0. The number of halogens is 3. The molecule has 31 heavy (non-hydrogen) atoms. The molecule has 4 aromatic rings. The minimum atomic E-state index is -5.30. The Hall–Kier alpha value is -3.88. The van der Waals surface area contributed by atoms with Crippen LogP contribution < -0.4 is 0 Å². The van der Waals surface area contributed by atoms with Crippen LogP contribution in [0.1, 0.15) is 31.2 Å². The number of rotatable bonds is 3. The molecular weight excluding hydrogens is 415 g/mol. The molecule has 4 rings (SSSR count). The summed E-state index contributed by atoms with van der Waals surface area (Å²) < 4.78 is 50.8. The Kier molecular flexibility index (Phi) is 4.68. The molecule has 0 N–H and O–H groups in total. The van der Waals surface area contributed by atoms with Crippen molar-refractivity contribution in [2.45, 2.75) is 6.18 Å². The highest BCUT2D eigenvalue weighted by Gasteiger charge is 2.45. The topological polar surface area (TPSA) is 74.1 Å². The van der Waals surface area contributed by atoms with Gasteiger partial charge in [-0.25, -0.2) is 9.59 Å². The second-order valence-electron chi connectivity index (χ2n) is 6.68. The summed E-state index contributed by atoms with van der Waals surface area (Å²) in [4.78, 5) is 37.4. The lowest BCUT2D eigenvalue weighted by molar-refractivity contribution is -0.0889. The van der Waals surface area contributed by atoms with Gasteiger partial charge in [-0.2, -0.15) is 13.2 Å². The average molecular weight is 429 g/mol. The Bertz CT molecular complexity index is 1400. The van der Waals surface area contributed by atoms with Gasteiger partial charge in [0.25, 0.3) is 5.78 Å². The molecule has 9 heteroatoms. The summed E-state index contributed by atoms with van der Waals surface area (Å²) in [5.41, 5.74) is -2.14. The normalized spacial score (nSPS) is 11.8. The van der Waals surface area contributed by atoms with Gasteiger partial charge in [-0.1, -0.05) is 36.4 Å². The van der Waals surface area contributed by atoms with Crippen LogP contribution in [0.5, 0.6) is 0 Å². The largest absolute Gasteiger partial charge is 0.465 e. The molecule has 0 fully saturated rings. The number of ketones is 1. The fourth-order valence-electron chi connectivity index (χ4n) is 3.77. The summed E-state index contributed by atoms with van der Waals surface area (Å²) in [5, 5.41) is 2.08. The summed E-state index contributed by atoms with van der Waals surface area (Å²) in [7, 11) is 1.96. The van der Waals surface area contributed by atoms with Gasteiger partial charge in [0.1, 0.15) is 16.8 Å². The molecule has 0 bridgehead atoms. The number of benzene rings is 2. The fraction of sp³-hybridized carbons (Fsp3) is 0.136. The minimum Gasteiger partial charge on any atom is -0.465 e. The lowest BCUT2D eigenvalue weighted by atomic mass is 10.0. The maximum Gasteiger partial charge on any atom is 0.456 e. The van der Waals surface area contributed by atoms with Crippen LogP contribution in [-0.4, -0.2) is 42.5 Å². The zero-order valence-electron chi connectivity index (χ0n) is 16.2. The van der Waals surface area contributed by atoms with Gasteiger partial charge >= 0.3 is 18.1 Å². The summed E-state index contributed by atoms with van der Waals surface area (Å²) in [6.07, 6.45) is -5.30. The third-order valence-electron chi connectivity index (χ3n) is 5.06. The number of pyridine rings is 1. The molecule has 0 aliphatic heterocycles. The maximum absolute atomic E-state index is 13.5. The van der Waals surface area contributed by atoms with Crippen LogP contribution in [0.4, 0.5) is 13.2 Å². The van der Waals surface area contributed by atoms with E-state index in [-0.39, 0.29) is 11.0 Å². The number of aromatic nitrogens is 1. The van der Waals surface area contributed by atoms with Gasteiger partial charge in [0, 0.05) is 5.39 Å². The van der Waals surface area contributed by atoms with Crippen molar-refractivity contribution < 1.29 is 37.0 Å². The first-order chi connectivity index (χ1) is 14.7.